The zero-order valence-electron chi connectivity index (χ0n) is 23.1. The summed E-state index contributed by atoms with van der Waals surface area (Å²) in [6.45, 7) is 0. The molecule has 0 radical (unpaired) electrons. The first kappa shape index (κ1) is 25.5. The summed E-state index contributed by atoms with van der Waals surface area (Å²) in [4.78, 5) is 5.34. The van der Waals surface area contributed by atoms with Crippen LogP contribution in [0.2, 0.25) is 0 Å². The minimum atomic E-state index is 0.207. The molecule has 0 bridgehead atoms. The van der Waals surface area contributed by atoms with Crippen LogP contribution >= 0.6 is 0 Å². The molecule has 0 N–H and O–H groups in total. The first-order chi connectivity index (χ1) is 21.4. The molecule has 0 unspecified atom stereocenters. The Hall–Kier alpha value is -5.22. The topological polar surface area (TPSA) is 51.6 Å². The van der Waals surface area contributed by atoms with Crippen molar-refractivity contribution in [2.45, 2.75) is 0 Å². The molecular formula is C38H24N4Se. The van der Waals surface area contributed by atoms with Crippen LogP contribution in [-0.2, 0) is 0 Å². The van der Waals surface area contributed by atoms with Crippen molar-refractivity contribution in [1.82, 2.24) is 20.4 Å². The number of benzene rings is 5. The zero-order chi connectivity index (χ0) is 28.6. The Morgan fingerprint density at radius 3 is 1.84 bits per heavy atom. The second-order valence-corrected chi connectivity index (χ2v) is 12.6. The first-order valence-corrected chi connectivity index (χ1v) is 15.9. The number of hydrogen-bond donors (Lipinski definition) is 0. The van der Waals surface area contributed by atoms with E-state index in [9.17, 15) is 0 Å². The molecule has 0 spiro atoms. The van der Waals surface area contributed by atoms with Crippen LogP contribution in [0.5, 0.6) is 0 Å². The van der Waals surface area contributed by atoms with E-state index >= 15 is 0 Å². The summed E-state index contributed by atoms with van der Waals surface area (Å²) in [5.41, 5.74) is 10.3. The van der Waals surface area contributed by atoms with E-state index in [1.165, 1.54) is 19.3 Å². The Morgan fingerprint density at radius 1 is 0.488 bits per heavy atom. The summed E-state index contributed by atoms with van der Waals surface area (Å²) < 4.78 is 2.76. The molecule has 0 amide bonds. The van der Waals surface area contributed by atoms with Crippen LogP contribution < -0.4 is 0 Å². The number of pyridine rings is 1. The normalized spacial score (nSPS) is 11.3. The summed E-state index contributed by atoms with van der Waals surface area (Å²) in [7, 11) is 0. The maximum absolute atomic E-state index is 5.34. The number of rotatable bonds is 5. The summed E-state index contributed by atoms with van der Waals surface area (Å²) >= 11 is 0.207. The Kier molecular flexibility index (Phi) is 6.45. The van der Waals surface area contributed by atoms with Crippen LogP contribution in [0.3, 0.4) is 0 Å². The van der Waals surface area contributed by atoms with E-state index in [1.54, 1.807) is 6.20 Å². The average Bonchev–Trinajstić information content (AvgIpc) is 3.48. The van der Waals surface area contributed by atoms with E-state index in [-0.39, 0.29) is 14.5 Å². The zero-order valence-corrected chi connectivity index (χ0v) is 24.8. The molecule has 202 valence electrons. The molecule has 0 saturated heterocycles. The van der Waals surface area contributed by atoms with Crippen molar-refractivity contribution in [1.29, 1.82) is 0 Å². The van der Waals surface area contributed by atoms with Crippen LogP contribution in [0.15, 0.2) is 146 Å². The molecule has 3 heterocycles. The third-order valence-electron chi connectivity index (χ3n) is 7.85. The van der Waals surface area contributed by atoms with Gasteiger partial charge in [0, 0.05) is 0 Å². The molecule has 0 saturated carbocycles. The predicted molar refractivity (Wildman–Crippen MR) is 177 cm³/mol. The third kappa shape index (κ3) is 4.47. The maximum atomic E-state index is 5.34. The second kappa shape index (κ2) is 10.9. The fourth-order valence-corrected chi connectivity index (χ4v) is 8.32. The van der Waals surface area contributed by atoms with Crippen molar-refractivity contribution < 1.29 is 0 Å². The van der Waals surface area contributed by atoms with Gasteiger partial charge in [-0.2, -0.15) is 0 Å². The summed E-state index contributed by atoms with van der Waals surface area (Å²) in [6, 6.07) is 46.9. The van der Waals surface area contributed by atoms with Gasteiger partial charge in [0.25, 0.3) is 0 Å². The van der Waals surface area contributed by atoms with Crippen molar-refractivity contribution >= 4 is 33.8 Å². The molecule has 0 aliphatic heterocycles. The molecule has 5 aromatic carbocycles. The van der Waals surface area contributed by atoms with Crippen molar-refractivity contribution in [2.75, 3.05) is 0 Å². The van der Waals surface area contributed by atoms with E-state index in [0.29, 0.717) is 0 Å². The summed E-state index contributed by atoms with van der Waals surface area (Å²) in [6.07, 6.45) is 3.74. The summed E-state index contributed by atoms with van der Waals surface area (Å²) in [5.74, 6) is 0. The second-order valence-electron chi connectivity index (χ2n) is 10.3. The summed E-state index contributed by atoms with van der Waals surface area (Å²) in [5, 5.41) is 15.3. The van der Waals surface area contributed by atoms with Crippen LogP contribution in [0.1, 0.15) is 0 Å². The Bertz CT molecular complexity index is 2210. The molecule has 0 aliphatic rings. The minimum absolute atomic E-state index is 0.207. The SMILES string of the molecule is c1ccc(-c2cnc(-c3c(-c4ccccc4)ccc4[se]c5ccccc5c34)c(-c3ccnnn3)c2-c2ccccc2)cc1. The third-order valence-corrected chi connectivity index (χ3v) is 10.2. The van der Waals surface area contributed by atoms with Gasteiger partial charge in [0.05, 0.1) is 0 Å². The van der Waals surface area contributed by atoms with Gasteiger partial charge in [0.2, 0.25) is 0 Å². The van der Waals surface area contributed by atoms with Crippen molar-refractivity contribution in [2.24, 2.45) is 0 Å². The Balaban J connectivity index is 1.58. The van der Waals surface area contributed by atoms with Gasteiger partial charge in [-0.05, 0) is 0 Å². The van der Waals surface area contributed by atoms with Gasteiger partial charge >= 0.3 is 256 Å². The average molecular weight is 616 g/mol. The van der Waals surface area contributed by atoms with E-state index in [1.807, 2.05) is 18.3 Å². The van der Waals surface area contributed by atoms with Crippen molar-refractivity contribution in [3.8, 4) is 55.9 Å². The van der Waals surface area contributed by atoms with Crippen LogP contribution in [0.25, 0.3) is 75.2 Å². The Labute approximate surface area is 255 Å². The molecule has 0 fully saturated rings. The van der Waals surface area contributed by atoms with Gasteiger partial charge < -0.3 is 0 Å². The van der Waals surface area contributed by atoms with Gasteiger partial charge in [-0.15, -0.1) is 0 Å². The molecule has 0 aliphatic carbocycles. The predicted octanol–water partition coefficient (Wildman–Crippen LogP) is 8.97. The molecule has 4 nitrogen and oxygen atoms in total. The monoisotopic (exact) mass is 616 g/mol. The quantitative estimate of drug-likeness (QED) is 0.181. The van der Waals surface area contributed by atoms with E-state index in [0.717, 1.165) is 55.9 Å². The fourth-order valence-electron chi connectivity index (χ4n) is 5.99. The number of aromatic nitrogens is 4. The van der Waals surface area contributed by atoms with Crippen molar-refractivity contribution in [3.05, 3.63) is 146 Å². The number of fused-ring (bicyclic) bond motifs is 3. The van der Waals surface area contributed by atoms with E-state index in [4.69, 9.17) is 4.98 Å². The number of hydrogen-bond acceptors (Lipinski definition) is 4. The van der Waals surface area contributed by atoms with Crippen molar-refractivity contribution in [3.63, 3.8) is 0 Å². The molecule has 43 heavy (non-hydrogen) atoms. The van der Waals surface area contributed by atoms with Crippen LogP contribution in [-0.4, -0.2) is 34.9 Å². The first-order valence-electron chi connectivity index (χ1n) is 14.2. The fraction of sp³-hybridized carbons (Fsp3) is 0. The Morgan fingerprint density at radius 2 is 1.14 bits per heavy atom. The van der Waals surface area contributed by atoms with Crippen LogP contribution in [0, 0.1) is 0 Å². The molecule has 8 aromatic rings. The van der Waals surface area contributed by atoms with E-state index in [2.05, 4.69) is 137 Å². The van der Waals surface area contributed by atoms with Crippen LogP contribution in [0.4, 0.5) is 0 Å². The van der Waals surface area contributed by atoms with Gasteiger partial charge in [-0.3, -0.25) is 0 Å². The molecule has 8 rings (SSSR count). The molecule has 3 aromatic heterocycles. The van der Waals surface area contributed by atoms with Gasteiger partial charge in [-0.1, -0.05) is 0 Å². The standard InChI is InChI=1S/C38H24N4Se/c1-4-12-25(13-5-1)28-20-21-33-35(29-18-10-11-19-32(29)43-33)36(28)38-37(31-22-23-40-42-41-31)34(27-16-8-3-9-17-27)30(24-39-38)26-14-6-2-7-15-26/h1-24H. The number of nitrogens with zero attached hydrogens (tertiary/aromatic N) is 4. The molecule has 5 heteroatoms. The van der Waals surface area contributed by atoms with Gasteiger partial charge in [0.1, 0.15) is 0 Å². The molecular weight excluding hydrogens is 591 g/mol. The van der Waals surface area contributed by atoms with E-state index < -0.39 is 0 Å². The van der Waals surface area contributed by atoms with Gasteiger partial charge in [-0.25, -0.2) is 0 Å². The molecule has 0 atom stereocenters. The van der Waals surface area contributed by atoms with Gasteiger partial charge in [0.15, 0.2) is 0 Å².